The predicted molar refractivity (Wildman–Crippen MR) is 53.2 cm³/mol. The number of nitro groups is 1. The highest BCUT2D eigenvalue weighted by Gasteiger charge is 2.38. The molecule has 0 aliphatic rings. The Morgan fingerprint density at radius 1 is 1.38 bits per heavy atom. The fourth-order valence-corrected chi connectivity index (χ4v) is 1.01. The molecule has 0 bridgehead atoms. The molecule has 0 amide bonds. The summed E-state index contributed by atoms with van der Waals surface area (Å²) in [4.78, 5) is 9.23. The molecule has 0 aromatic heterocycles. The molecule has 0 radical (unpaired) electrons. The maximum Gasteiger partial charge on any atom is 0.423 e. The van der Waals surface area contributed by atoms with Gasteiger partial charge in [0.05, 0.1) is 4.92 Å². The van der Waals surface area contributed by atoms with Crippen molar-refractivity contribution in [2.24, 2.45) is 5.84 Å². The van der Waals surface area contributed by atoms with Gasteiger partial charge >= 0.3 is 6.18 Å². The minimum absolute atomic E-state index is 0. The van der Waals surface area contributed by atoms with Crippen molar-refractivity contribution >= 4 is 23.8 Å². The van der Waals surface area contributed by atoms with Crippen molar-refractivity contribution in [1.82, 2.24) is 0 Å². The number of anilines is 1. The third kappa shape index (κ3) is 2.97. The molecule has 0 atom stereocenters. The number of hydrogen-bond donors (Lipinski definition) is 2. The Morgan fingerprint density at radius 3 is 2.31 bits per heavy atom. The van der Waals surface area contributed by atoms with E-state index in [0.29, 0.717) is 6.07 Å². The summed E-state index contributed by atoms with van der Waals surface area (Å²) >= 11 is 0. The number of nitrogens with one attached hydrogen (secondary N) is 1. The van der Waals surface area contributed by atoms with E-state index in [2.05, 4.69) is 0 Å². The lowest BCUT2D eigenvalue weighted by Gasteiger charge is -2.08. The SMILES string of the molecule is Cl.NNc1ccc([N+](=O)[O-])c(C(F)(F)F)c1. The molecule has 90 valence electrons. The van der Waals surface area contributed by atoms with Gasteiger partial charge < -0.3 is 5.43 Å². The van der Waals surface area contributed by atoms with Crippen LogP contribution in [0.15, 0.2) is 18.2 Å². The highest BCUT2D eigenvalue weighted by molar-refractivity contribution is 5.85. The number of nitrogen functional groups attached to an aromatic ring is 1. The standard InChI is InChI=1S/C7H6F3N3O2.ClH/c8-7(9,10)5-3-4(12-11)1-2-6(5)13(14)15;/h1-3,12H,11H2;1H. The lowest BCUT2D eigenvalue weighted by atomic mass is 10.1. The maximum absolute atomic E-state index is 12.4. The zero-order valence-corrected chi connectivity index (χ0v) is 8.43. The molecule has 0 spiro atoms. The third-order valence-electron chi connectivity index (χ3n) is 1.67. The summed E-state index contributed by atoms with van der Waals surface area (Å²) in [6, 6.07) is 2.42. The smallest absolute Gasteiger partial charge is 0.324 e. The van der Waals surface area contributed by atoms with E-state index in [1.165, 1.54) is 0 Å². The molecule has 1 rings (SSSR count). The molecule has 0 saturated carbocycles. The van der Waals surface area contributed by atoms with E-state index in [9.17, 15) is 23.3 Å². The number of alkyl halides is 3. The summed E-state index contributed by atoms with van der Waals surface area (Å²) in [6.07, 6.45) is -4.78. The van der Waals surface area contributed by atoms with Crippen LogP contribution in [0.25, 0.3) is 0 Å². The van der Waals surface area contributed by atoms with Crippen LogP contribution in [0.1, 0.15) is 5.56 Å². The molecule has 1 aromatic carbocycles. The summed E-state index contributed by atoms with van der Waals surface area (Å²) < 4.78 is 37.1. The van der Waals surface area contributed by atoms with Gasteiger partial charge in [-0.05, 0) is 12.1 Å². The Morgan fingerprint density at radius 2 is 1.94 bits per heavy atom. The minimum atomic E-state index is -4.78. The predicted octanol–water partition coefficient (Wildman–Crippen LogP) is 2.32. The van der Waals surface area contributed by atoms with Crippen molar-refractivity contribution in [2.45, 2.75) is 6.18 Å². The van der Waals surface area contributed by atoms with Gasteiger partial charge in [0.15, 0.2) is 0 Å². The van der Waals surface area contributed by atoms with Crippen molar-refractivity contribution in [3.63, 3.8) is 0 Å². The summed E-state index contributed by atoms with van der Waals surface area (Å²) in [5.74, 6) is 4.90. The van der Waals surface area contributed by atoms with Crippen molar-refractivity contribution in [1.29, 1.82) is 0 Å². The second-order valence-corrected chi connectivity index (χ2v) is 2.63. The Bertz CT molecular complexity index is 397. The second-order valence-electron chi connectivity index (χ2n) is 2.63. The van der Waals surface area contributed by atoms with Gasteiger partial charge in [-0.3, -0.25) is 16.0 Å². The van der Waals surface area contributed by atoms with Crippen LogP contribution < -0.4 is 11.3 Å². The molecule has 9 heteroatoms. The van der Waals surface area contributed by atoms with Crippen LogP contribution in [0.3, 0.4) is 0 Å². The number of benzene rings is 1. The Kier molecular flexibility index (Phi) is 4.51. The van der Waals surface area contributed by atoms with Crippen molar-refractivity contribution < 1.29 is 18.1 Å². The van der Waals surface area contributed by atoms with Gasteiger partial charge in [0.1, 0.15) is 5.56 Å². The van der Waals surface area contributed by atoms with E-state index in [-0.39, 0.29) is 18.1 Å². The van der Waals surface area contributed by atoms with Gasteiger partial charge in [-0.2, -0.15) is 13.2 Å². The van der Waals surface area contributed by atoms with Gasteiger partial charge in [0.25, 0.3) is 5.69 Å². The third-order valence-corrected chi connectivity index (χ3v) is 1.67. The molecule has 0 aliphatic carbocycles. The van der Waals surface area contributed by atoms with Gasteiger partial charge in [0, 0.05) is 11.8 Å². The van der Waals surface area contributed by atoms with E-state index in [1.807, 2.05) is 5.43 Å². The van der Waals surface area contributed by atoms with Crippen molar-refractivity contribution in [3.05, 3.63) is 33.9 Å². The van der Waals surface area contributed by atoms with E-state index in [0.717, 1.165) is 12.1 Å². The Labute approximate surface area is 94.0 Å². The van der Waals surface area contributed by atoms with Crippen molar-refractivity contribution in [2.75, 3.05) is 5.43 Å². The normalized spacial score (nSPS) is 10.5. The fraction of sp³-hybridized carbons (Fsp3) is 0.143. The van der Waals surface area contributed by atoms with Crippen LogP contribution in [0, 0.1) is 10.1 Å². The van der Waals surface area contributed by atoms with E-state index < -0.39 is 22.4 Å². The van der Waals surface area contributed by atoms with Crippen LogP contribution in [0.5, 0.6) is 0 Å². The van der Waals surface area contributed by atoms with Crippen LogP contribution in [-0.2, 0) is 6.18 Å². The zero-order valence-electron chi connectivity index (χ0n) is 7.62. The van der Waals surface area contributed by atoms with Gasteiger partial charge in [0.2, 0.25) is 0 Å². The van der Waals surface area contributed by atoms with Gasteiger partial charge in [-0.15, -0.1) is 12.4 Å². The molecule has 0 fully saturated rings. The molecular weight excluding hydrogens is 251 g/mol. The number of nitro benzene ring substituents is 1. The molecule has 0 saturated heterocycles. The molecule has 16 heavy (non-hydrogen) atoms. The summed E-state index contributed by atoms with van der Waals surface area (Å²) in [7, 11) is 0. The monoisotopic (exact) mass is 257 g/mol. The molecule has 0 unspecified atom stereocenters. The first-order valence-corrected chi connectivity index (χ1v) is 3.68. The molecule has 0 heterocycles. The molecule has 0 aliphatic heterocycles. The van der Waals surface area contributed by atoms with Crippen LogP contribution in [0.2, 0.25) is 0 Å². The van der Waals surface area contributed by atoms with Crippen LogP contribution in [0.4, 0.5) is 24.5 Å². The average molecular weight is 258 g/mol. The molecule has 1 aromatic rings. The lowest BCUT2D eigenvalue weighted by Crippen LogP contribution is -2.12. The van der Waals surface area contributed by atoms with Gasteiger partial charge in [-0.1, -0.05) is 0 Å². The number of rotatable bonds is 2. The lowest BCUT2D eigenvalue weighted by molar-refractivity contribution is -0.388. The van der Waals surface area contributed by atoms with Crippen molar-refractivity contribution in [3.8, 4) is 0 Å². The van der Waals surface area contributed by atoms with Gasteiger partial charge in [-0.25, -0.2) is 0 Å². The molecule has 5 nitrogen and oxygen atoms in total. The quantitative estimate of drug-likeness (QED) is 0.484. The highest BCUT2D eigenvalue weighted by atomic mass is 35.5. The maximum atomic E-state index is 12.4. The molecule has 3 N–H and O–H groups in total. The second kappa shape index (κ2) is 4.99. The number of nitrogens with zero attached hydrogens (tertiary/aromatic N) is 1. The first kappa shape index (κ1) is 14.5. The number of halogens is 4. The zero-order chi connectivity index (χ0) is 11.6. The average Bonchev–Trinajstić information content (AvgIpc) is 2.15. The topological polar surface area (TPSA) is 81.2 Å². The van der Waals surface area contributed by atoms with E-state index >= 15 is 0 Å². The number of hydrazine groups is 1. The van der Waals surface area contributed by atoms with E-state index in [1.54, 1.807) is 0 Å². The van der Waals surface area contributed by atoms with Crippen LogP contribution >= 0.6 is 12.4 Å². The van der Waals surface area contributed by atoms with E-state index in [4.69, 9.17) is 5.84 Å². The Hall–Kier alpha value is -1.54. The fourth-order valence-electron chi connectivity index (χ4n) is 1.01. The molecular formula is C7H7ClF3N3O2. The number of hydrogen-bond acceptors (Lipinski definition) is 4. The highest BCUT2D eigenvalue weighted by Crippen LogP contribution is 2.37. The first-order chi connectivity index (χ1) is 6.86. The minimum Gasteiger partial charge on any atom is -0.324 e. The summed E-state index contributed by atoms with van der Waals surface area (Å²) in [5.41, 5.74) is -0.394. The first-order valence-electron chi connectivity index (χ1n) is 3.68. The Balaban J connectivity index is 0.00000225. The largest absolute Gasteiger partial charge is 0.423 e. The number of nitrogens with two attached hydrogens (primary N) is 1. The summed E-state index contributed by atoms with van der Waals surface area (Å²) in [5, 5.41) is 10.3. The van der Waals surface area contributed by atoms with Crippen LogP contribution in [-0.4, -0.2) is 4.92 Å². The summed E-state index contributed by atoms with van der Waals surface area (Å²) in [6.45, 7) is 0.